The van der Waals surface area contributed by atoms with E-state index < -0.39 is 0 Å². The number of oxazole rings is 1. The molecule has 0 unspecified atom stereocenters. The molecule has 0 atom stereocenters. The summed E-state index contributed by atoms with van der Waals surface area (Å²) in [5.41, 5.74) is 3.65. The summed E-state index contributed by atoms with van der Waals surface area (Å²) < 4.78 is 5.21. The predicted octanol–water partition coefficient (Wildman–Crippen LogP) is 4.58. The first kappa shape index (κ1) is 14.5. The molecule has 0 aliphatic carbocycles. The highest BCUT2D eigenvalue weighted by atomic mass is 32.1. The Kier molecular flexibility index (Phi) is 3.81. The van der Waals surface area contributed by atoms with E-state index in [1.54, 1.807) is 6.26 Å². The highest BCUT2D eigenvalue weighted by Gasteiger charge is 2.11. The highest BCUT2D eigenvalue weighted by Crippen LogP contribution is 2.23. The van der Waals surface area contributed by atoms with Crippen LogP contribution in [-0.4, -0.2) is 10.9 Å². The van der Waals surface area contributed by atoms with Gasteiger partial charge >= 0.3 is 0 Å². The van der Waals surface area contributed by atoms with Gasteiger partial charge in [0.2, 0.25) is 0 Å². The largest absolute Gasteiger partial charge is 0.449 e. The van der Waals surface area contributed by atoms with E-state index in [2.05, 4.69) is 10.3 Å². The van der Waals surface area contributed by atoms with Gasteiger partial charge in [-0.1, -0.05) is 12.1 Å². The van der Waals surface area contributed by atoms with E-state index in [0.29, 0.717) is 5.89 Å². The van der Waals surface area contributed by atoms with Crippen LogP contribution in [0.25, 0.3) is 11.3 Å². The Labute approximate surface area is 132 Å². The maximum absolute atomic E-state index is 12.2. The van der Waals surface area contributed by atoms with E-state index in [4.69, 9.17) is 4.42 Å². The molecule has 22 heavy (non-hydrogen) atoms. The summed E-state index contributed by atoms with van der Waals surface area (Å²) in [5.74, 6) is 0.557. The molecule has 0 saturated heterocycles. The second-order valence-corrected chi connectivity index (χ2v) is 6.39. The van der Waals surface area contributed by atoms with Gasteiger partial charge in [-0.25, -0.2) is 4.98 Å². The minimum absolute atomic E-state index is 0.0776. The number of nitrogens with one attached hydrogen (secondary N) is 1. The molecule has 3 rings (SSSR count). The van der Waals surface area contributed by atoms with Gasteiger partial charge in [0.05, 0.1) is 4.88 Å². The van der Waals surface area contributed by atoms with Crippen molar-refractivity contribution in [1.82, 2.24) is 4.98 Å². The molecule has 3 aromatic rings. The fourth-order valence-electron chi connectivity index (χ4n) is 2.10. The number of hydrogen-bond donors (Lipinski definition) is 1. The van der Waals surface area contributed by atoms with Crippen molar-refractivity contribution in [3.05, 3.63) is 57.8 Å². The first-order valence-corrected chi connectivity index (χ1v) is 7.75. The smallest absolute Gasteiger partial charge is 0.265 e. The van der Waals surface area contributed by atoms with E-state index in [9.17, 15) is 4.79 Å². The van der Waals surface area contributed by atoms with Crippen LogP contribution in [-0.2, 0) is 0 Å². The van der Waals surface area contributed by atoms with Crippen molar-refractivity contribution >= 4 is 22.9 Å². The van der Waals surface area contributed by atoms with Gasteiger partial charge in [-0.2, -0.15) is 0 Å². The molecule has 0 radical (unpaired) electrons. The Bertz CT molecular complexity index is 796. The Balaban J connectivity index is 1.74. The molecule has 0 saturated carbocycles. The van der Waals surface area contributed by atoms with Crippen LogP contribution in [0.3, 0.4) is 0 Å². The summed E-state index contributed by atoms with van der Waals surface area (Å²) in [5, 5.41) is 2.91. The van der Waals surface area contributed by atoms with Crippen LogP contribution in [0, 0.1) is 20.8 Å². The number of rotatable bonds is 3. The van der Waals surface area contributed by atoms with Crippen molar-refractivity contribution in [1.29, 1.82) is 0 Å². The number of aryl methyl sites for hydroxylation is 3. The fourth-order valence-corrected chi connectivity index (χ4v) is 3.03. The maximum Gasteiger partial charge on any atom is 0.265 e. The van der Waals surface area contributed by atoms with Crippen molar-refractivity contribution < 1.29 is 9.21 Å². The van der Waals surface area contributed by atoms with E-state index >= 15 is 0 Å². The number of carbonyl (C=O) groups is 1. The predicted molar refractivity (Wildman–Crippen MR) is 88.4 cm³/mol. The molecule has 112 valence electrons. The van der Waals surface area contributed by atoms with Gasteiger partial charge in [-0.3, -0.25) is 4.79 Å². The lowest BCUT2D eigenvalue weighted by Crippen LogP contribution is -2.09. The zero-order valence-electron chi connectivity index (χ0n) is 12.6. The van der Waals surface area contributed by atoms with Crippen LogP contribution in [0.5, 0.6) is 0 Å². The van der Waals surface area contributed by atoms with Gasteiger partial charge in [-0.15, -0.1) is 11.3 Å². The number of hydrogen-bond acceptors (Lipinski definition) is 4. The number of benzene rings is 1. The van der Waals surface area contributed by atoms with Crippen molar-refractivity contribution in [3.8, 4) is 11.3 Å². The van der Waals surface area contributed by atoms with Crippen LogP contribution in [0.1, 0.15) is 26.0 Å². The minimum atomic E-state index is -0.0776. The highest BCUT2D eigenvalue weighted by molar-refractivity contribution is 7.14. The molecule has 2 heterocycles. The molecule has 0 aliphatic rings. The Hall–Kier alpha value is -2.40. The van der Waals surface area contributed by atoms with Crippen molar-refractivity contribution in [3.63, 3.8) is 0 Å². The lowest BCUT2D eigenvalue weighted by Gasteiger charge is -2.04. The van der Waals surface area contributed by atoms with Gasteiger partial charge in [0, 0.05) is 23.1 Å². The quantitative estimate of drug-likeness (QED) is 0.770. The lowest BCUT2D eigenvalue weighted by molar-refractivity contribution is 0.103. The second-order valence-electron chi connectivity index (χ2n) is 5.13. The fraction of sp³-hybridized carbons (Fsp3) is 0.176. The SMILES string of the molecule is Cc1nc(-c2ccc(NC(=O)c3cc(C)c(C)s3)cc2)co1. The monoisotopic (exact) mass is 312 g/mol. The van der Waals surface area contributed by atoms with E-state index in [1.165, 1.54) is 16.2 Å². The van der Waals surface area contributed by atoms with E-state index in [1.807, 2.05) is 51.1 Å². The second kappa shape index (κ2) is 5.77. The van der Waals surface area contributed by atoms with Crippen LogP contribution in [0.2, 0.25) is 0 Å². The van der Waals surface area contributed by atoms with Gasteiger partial charge in [-0.05, 0) is 37.6 Å². The minimum Gasteiger partial charge on any atom is -0.449 e. The Morgan fingerprint density at radius 2 is 1.91 bits per heavy atom. The molecule has 1 aromatic carbocycles. The number of aromatic nitrogens is 1. The van der Waals surface area contributed by atoms with Gasteiger partial charge < -0.3 is 9.73 Å². The number of thiophene rings is 1. The third-order valence-corrected chi connectivity index (χ3v) is 4.60. The van der Waals surface area contributed by atoms with Gasteiger partial charge in [0.25, 0.3) is 5.91 Å². The molecule has 2 aromatic heterocycles. The summed E-state index contributed by atoms with van der Waals surface area (Å²) in [6.45, 7) is 5.84. The number of amides is 1. The third-order valence-electron chi connectivity index (χ3n) is 3.45. The Morgan fingerprint density at radius 3 is 2.45 bits per heavy atom. The third kappa shape index (κ3) is 2.94. The molecule has 0 bridgehead atoms. The normalized spacial score (nSPS) is 10.7. The number of carbonyl (C=O) groups excluding carboxylic acids is 1. The molecule has 0 aliphatic heterocycles. The number of anilines is 1. The zero-order valence-corrected chi connectivity index (χ0v) is 13.5. The van der Waals surface area contributed by atoms with Crippen molar-refractivity contribution in [2.75, 3.05) is 5.32 Å². The van der Waals surface area contributed by atoms with Crippen LogP contribution in [0.15, 0.2) is 41.0 Å². The first-order chi connectivity index (χ1) is 10.5. The van der Waals surface area contributed by atoms with Crippen molar-refractivity contribution in [2.45, 2.75) is 20.8 Å². The summed E-state index contributed by atoms with van der Waals surface area (Å²) in [7, 11) is 0. The molecular formula is C17H16N2O2S. The van der Waals surface area contributed by atoms with Gasteiger partial charge in [0.15, 0.2) is 5.89 Å². The summed E-state index contributed by atoms with van der Waals surface area (Å²) >= 11 is 1.51. The maximum atomic E-state index is 12.2. The molecule has 5 heteroatoms. The molecule has 0 fully saturated rings. The molecular weight excluding hydrogens is 296 g/mol. The van der Waals surface area contributed by atoms with Crippen molar-refractivity contribution in [2.24, 2.45) is 0 Å². The molecule has 1 amide bonds. The van der Waals surface area contributed by atoms with Crippen LogP contribution >= 0.6 is 11.3 Å². The van der Waals surface area contributed by atoms with E-state index in [-0.39, 0.29) is 5.91 Å². The van der Waals surface area contributed by atoms with Gasteiger partial charge in [0.1, 0.15) is 12.0 Å². The number of nitrogens with zero attached hydrogens (tertiary/aromatic N) is 1. The summed E-state index contributed by atoms with van der Waals surface area (Å²) in [6.07, 6.45) is 1.63. The zero-order chi connectivity index (χ0) is 15.7. The topological polar surface area (TPSA) is 55.1 Å². The van der Waals surface area contributed by atoms with Crippen LogP contribution < -0.4 is 5.32 Å². The lowest BCUT2D eigenvalue weighted by atomic mass is 10.1. The standard InChI is InChI=1S/C17H16N2O2S/c1-10-8-16(22-11(10)2)17(20)19-14-6-4-13(5-7-14)15-9-21-12(3)18-15/h4-9H,1-3H3,(H,19,20). The van der Waals surface area contributed by atoms with Crippen LogP contribution in [0.4, 0.5) is 5.69 Å². The van der Waals surface area contributed by atoms with E-state index in [0.717, 1.165) is 27.4 Å². The first-order valence-electron chi connectivity index (χ1n) is 6.94. The Morgan fingerprint density at radius 1 is 1.18 bits per heavy atom. The average Bonchev–Trinajstić information content (AvgIpc) is 3.07. The molecule has 0 spiro atoms. The molecule has 4 nitrogen and oxygen atoms in total. The molecule has 1 N–H and O–H groups in total. The summed E-state index contributed by atoms with van der Waals surface area (Å²) in [6, 6.07) is 9.48. The summed E-state index contributed by atoms with van der Waals surface area (Å²) in [4.78, 5) is 18.4. The average molecular weight is 312 g/mol.